The summed E-state index contributed by atoms with van der Waals surface area (Å²) in [5.41, 5.74) is 2.19. The highest BCUT2D eigenvalue weighted by atomic mass is 16.5. The molecule has 2 aromatic rings. The SMILES string of the molecule is C=CCOc1cc(CNCC2CCNC2)cc(OCCc2ccccn2)c1. The first-order valence-electron chi connectivity index (χ1n) is 9.65. The first-order valence-corrected chi connectivity index (χ1v) is 9.65. The van der Waals surface area contributed by atoms with Crippen LogP contribution < -0.4 is 20.1 Å². The molecule has 1 aromatic carbocycles. The molecule has 1 saturated heterocycles. The molecule has 1 aliphatic heterocycles. The summed E-state index contributed by atoms with van der Waals surface area (Å²) in [5, 5.41) is 6.96. The highest BCUT2D eigenvalue weighted by Crippen LogP contribution is 2.23. The molecule has 1 aromatic heterocycles. The number of rotatable bonds is 11. The van der Waals surface area contributed by atoms with E-state index in [1.807, 2.05) is 30.5 Å². The lowest BCUT2D eigenvalue weighted by Gasteiger charge is -2.14. The summed E-state index contributed by atoms with van der Waals surface area (Å²) in [6, 6.07) is 12.0. The van der Waals surface area contributed by atoms with Crippen LogP contribution in [-0.2, 0) is 13.0 Å². The van der Waals surface area contributed by atoms with Crippen LogP contribution in [0.25, 0.3) is 0 Å². The van der Waals surface area contributed by atoms with Gasteiger partial charge in [-0.15, -0.1) is 0 Å². The normalized spacial score (nSPS) is 16.2. The van der Waals surface area contributed by atoms with E-state index in [0.717, 1.165) is 61.3 Å². The van der Waals surface area contributed by atoms with Gasteiger partial charge in [0, 0.05) is 30.9 Å². The van der Waals surface area contributed by atoms with Crippen molar-refractivity contribution in [2.45, 2.75) is 19.4 Å². The molecule has 2 N–H and O–H groups in total. The summed E-state index contributed by atoms with van der Waals surface area (Å²) in [7, 11) is 0. The lowest BCUT2D eigenvalue weighted by molar-refractivity contribution is 0.314. The van der Waals surface area contributed by atoms with E-state index in [2.05, 4.69) is 34.3 Å². The third-order valence-electron chi connectivity index (χ3n) is 4.59. The van der Waals surface area contributed by atoms with E-state index in [4.69, 9.17) is 9.47 Å². The Morgan fingerprint density at radius 3 is 2.85 bits per heavy atom. The summed E-state index contributed by atoms with van der Waals surface area (Å²) in [4.78, 5) is 4.33. The Hall–Kier alpha value is -2.37. The number of ether oxygens (including phenoxy) is 2. The Balaban J connectivity index is 1.56. The molecule has 0 saturated carbocycles. The van der Waals surface area contributed by atoms with E-state index in [1.165, 1.54) is 6.42 Å². The fourth-order valence-electron chi connectivity index (χ4n) is 3.18. The number of hydrogen-bond donors (Lipinski definition) is 2. The second kappa shape index (κ2) is 10.7. The van der Waals surface area contributed by atoms with Crippen LogP contribution in [0.5, 0.6) is 11.5 Å². The molecule has 0 amide bonds. The van der Waals surface area contributed by atoms with Crippen LogP contribution in [-0.4, -0.2) is 37.8 Å². The summed E-state index contributed by atoms with van der Waals surface area (Å²) < 4.78 is 11.7. The van der Waals surface area contributed by atoms with Crippen molar-refractivity contribution < 1.29 is 9.47 Å². The Bertz CT molecular complexity index is 700. The molecule has 2 heterocycles. The Kier molecular flexibility index (Phi) is 7.69. The van der Waals surface area contributed by atoms with E-state index in [9.17, 15) is 0 Å². The molecule has 3 rings (SSSR count). The topological polar surface area (TPSA) is 55.4 Å². The largest absolute Gasteiger partial charge is 0.493 e. The fraction of sp³-hybridized carbons (Fsp3) is 0.409. The molecule has 27 heavy (non-hydrogen) atoms. The van der Waals surface area contributed by atoms with Crippen molar-refractivity contribution in [1.82, 2.24) is 15.6 Å². The van der Waals surface area contributed by atoms with Crippen LogP contribution in [0.4, 0.5) is 0 Å². The van der Waals surface area contributed by atoms with E-state index in [1.54, 1.807) is 6.08 Å². The van der Waals surface area contributed by atoms with Crippen LogP contribution in [0, 0.1) is 5.92 Å². The first-order chi connectivity index (χ1) is 13.3. The molecule has 1 atom stereocenters. The van der Waals surface area contributed by atoms with Gasteiger partial charge < -0.3 is 20.1 Å². The van der Waals surface area contributed by atoms with E-state index in [0.29, 0.717) is 13.2 Å². The van der Waals surface area contributed by atoms with Gasteiger partial charge in [0.05, 0.1) is 6.61 Å². The van der Waals surface area contributed by atoms with Gasteiger partial charge in [-0.1, -0.05) is 18.7 Å². The minimum atomic E-state index is 0.484. The van der Waals surface area contributed by atoms with Crippen molar-refractivity contribution in [1.29, 1.82) is 0 Å². The predicted molar refractivity (Wildman–Crippen MR) is 108 cm³/mol. The van der Waals surface area contributed by atoms with E-state index >= 15 is 0 Å². The summed E-state index contributed by atoms with van der Waals surface area (Å²) >= 11 is 0. The monoisotopic (exact) mass is 367 g/mol. The zero-order valence-electron chi connectivity index (χ0n) is 15.8. The lowest BCUT2D eigenvalue weighted by atomic mass is 10.1. The molecular weight excluding hydrogens is 338 g/mol. The van der Waals surface area contributed by atoms with Gasteiger partial charge in [0.25, 0.3) is 0 Å². The lowest BCUT2D eigenvalue weighted by Crippen LogP contribution is -2.24. The zero-order valence-corrected chi connectivity index (χ0v) is 15.8. The number of pyridine rings is 1. The fourth-order valence-corrected chi connectivity index (χ4v) is 3.18. The molecule has 5 heteroatoms. The molecule has 0 spiro atoms. The number of nitrogens with one attached hydrogen (secondary N) is 2. The second-order valence-corrected chi connectivity index (χ2v) is 6.82. The molecule has 0 radical (unpaired) electrons. The number of benzene rings is 1. The van der Waals surface area contributed by atoms with Crippen LogP contribution in [0.2, 0.25) is 0 Å². The molecule has 0 bridgehead atoms. The summed E-state index contributed by atoms with van der Waals surface area (Å²) in [6.07, 6.45) is 5.58. The van der Waals surface area contributed by atoms with E-state index in [-0.39, 0.29) is 0 Å². The second-order valence-electron chi connectivity index (χ2n) is 6.82. The quantitative estimate of drug-likeness (QED) is 0.598. The number of aromatic nitrogens is 1. The van der Waals surface area contributed by atoms with Gasteiger partial charge in [0.2, 0.25) is 0 Å². The van der Waals surface area contributed by atoms with Crippen LogP contribution in [0.1, 0.15) is 17.7 Å². The predicted octanol–water partition coefficient (Wildman–Crippen LogP) is 2.97. The molecule has 144 valence electrons. The third kappa shape index (κ3) is 6.70. The third-order valence-corrected chi connectivity index (χ3v) is 4.59. The Morgan fingerprint density at radius 2 is 2.11 bits per heavy atom. The molecule has 0 aliphatic carbocycles. The first kappa shape index (κ1) is 19.4. The van der Waals surface area contributed by atoms with Crippen LogP contribution in [0.15, 0.2) is 55.3 Å². The van der Waals surface area contributed by atoms with Gasteiger partial charge in [-0.25, -0.2) is 0 Å². The zero-order chi connectivity index (χ0) is 18.7. The number of nitrogens with zero attached hydrogens (tertiary/aromatic N) is 1. The van der Waals surface area contributed by atoms with Gasteiger partial charge >= 0.3 is 0 Å². The highest BCUT2D eigenvalue weighted by molar-refractivity contribution is 5.38. The average molecular weight is 367 g/mol. The summed E-state index contributed by atoms with van der Waals surface area (Å²) in [5.74, 6) is 2.36. The van der Waals surface area contributed by atoms with Crippen LogP contribution >= 0.6 is 0 Å². The molecular formula is C22H29N3O2. The van der Waals surface area contributed by atoms with E-state index < -0.39 is 0 Å². The molecule has 1 unspecified atom stereocenters. The maximum Gasteiger partial charge on any atom is 0.123 e. The van der Waals surface area contributed by atoms with Gasteiger partial charge in [-0.3, -0.25) is 4.98 Å². The minimum Gasteiger partial charge on any atom is -0.493 e. The Labute approximate surface area is 161 Å². The van der Waals surface area contributed by atoms with Crippen LogP contribution in [0.3, 0.4) is 0 Å². The Morgan fingerprint density at radius 1 is 1.22 bits per heavy atom. The molecule has 1 aliphatic rings. The van der Waals surface area contributed by atoms with Crippen molar-refractivity contribution in [2.24, 2.45) is 5.92 Å². The van der Waals surface area contributed by atoms with Gasteiger partial charge in [0.15, 0.2) is 0 Å². The molecule has 1 fully saturated rings. The van der Waals surface area contributed by atoms with Crippen molar-refractivity contribution in [3.8, 4) is 11.5 Å². The smallest absolute Gasteiger partial charge is 0.123 e. The maximum atomic E-state index is 5.97. The minimum absolute atomic E-state index is 0.484. The van der Waals surface area contributed by atoms with Gasteiger partial charge in [-0.05, 0) is 61.8 Å². The average Bonchev–Trinajstić information content (AvgIpc) is 3.21. The van der Waals surface area contributed by atoms with Crippen molar-refractivity contribution in [3.05, 3.63) is 66.5 Å². The highest BCUT2D eigenvalue weighted by Gasteiger charge is 2.13. The standard InChI is InChI=1S/C22H29N3O2/c1-2-10-26-21-12-19(17-24-16-18-6-9-23-15-18)13-22(14-21)27-11-7-20-5-3-4-8-25-20/h2-5,8,12-14,18,23-24H,1,6-7,9-11,15-17H2. The van der Waals surface area contributed by atoms with Crippen molar-refractivity contribution in [2.75, 3.05) is 32.8 Å². The van der Waals surface area contributed by atoms with Crippen molar-refractivity contribution in [3.63, 3.8) is 0 Å². The summed E-state index contributed by atoms with van der Waals surface area (Å²) in [6.45, 7) is 8.86. The van der Waals surface area contributed by atoms with Crippen molar-refractivity contribution >= 4 is 0 Å². The maximum absolute atomic E-state index is 5.97. The van der Waals surface area contributed by atoms with Gasteiger partial charge in [-0.2, -0.15) is 0 Å². The number of hydrogen-bond acceptors (Lipinski definition) is 5. The molecule has 5 nitrogen and oxygen atoms in total. The van der Waals surface area contributed by atoms with Gasteiger partial charge in [0.1, 0.15) is 18.1 Å².